The minimum atomic E-state index is -0.359. The third-order valence-electron chi connectivity index (χ3n) is 10.2. The Morgan fingerprint density at radius 3 is 1.56 bits per heavy atom. The number of imide groups is 1. The first kappa shape index (κ1) is 38.7. The Bertz CT molecular complexity index is 2170. The third kappa shape index (κ3) is 8.86. The third-order valence-corrected chi connectivity index (χ3v) is 10.2. The molecule has 2 unspecified atom stereocenters. The Morgan fingerprint density at radius 2 is 1.11 bits per heavy atom. The number of ether oxygens (including phenoxy) is 2. The van der Waals surface area contributed by atoms with Crippen LogP contribution in [0.5, 0.6) is 34.8 Å². The van der Waals surface area contributed by atoms with Gasteiger partial charge in [0.25, 0.3) is 11.8 Å². The number of hydrogen-bond donors (Lipinski definition) is 2. The van der Waals surface area contributed by atoms with Gasteiger partial charge in [0.05, 0.1) is 11.4 Å². The van der Waals surface area contributed by atoms with E-state index in [2.05, 4.69) is 59.8 Å². The Kier molecular flexibility index (Phi) is 11.4. The van der Waals surface area contributed by atoms with Crippen molar-refractivity contribution in [2.24, 2.45) is 17.8 Å². The summed E-state index contributed by atoms with van der Waals surface area (Å²) < 4.78 is 13.6. The summed E-state index contributed by atoms with van der Waals surface area (Å²) in [6.07, 6.45) is 6.96. The average molecular weight is 739 g/mol. The van der Waals surface area contributed by atoms with Crippen LogP contribution in [-0.2, 0) is 15.0 Å². The Hall–Kier alpha value is -6.02. The molecule has 5 aromatic rings. The highest BCUT2D eigenvalue weighted by Gasteiger charge is 2.26. The molecule has 8 heteroatoms. The van der Waals surface area contributed by atoms with E-state index in [-0.39, 0.29) is 29.0 Å². The molecule has 0 fully saturated rings. The van der Waals surface area contributed by atoms with Crippen molar-refractivity contribution in [1.82, 2.24) is 4.57 Å². The van der Waals surface area contributed by atoms with E-state index in [1.807, 2.05) is 67.6 Å². The maximum absolute atomic E-state index is 12.0. The largest absolute Gasteiger partial charge is 0.494 e. The number of rotatable bonds is 14. The van der Waals surface area contributed by atoms with Gasteiger partial charge in [0.1, 0.15) is 23.0 Å². The number of carbonyl (C=O) groups excluding carboxylic acids is 2. The van der Waals surface area contributed by atoms with Gasteiger partial charge in [-0.15, -0.1) is 0 Å². The molecule has 4 aromatic carbocycles. The average Bonchev–Trinajstić information content (AvgIpc) is 3.64. The first-order valence-corrected chi connectivity index (χ1v) is 18.9. The number of aromatic hydroxyl groups is 2. The lowest BCUT2D eigenvalue weighted by molar-refractivity contribution is -0.120. The van der Waals surface area contributed by atoms with Crippen molar-refractivity contribution in [1.29, 1.82) is 0 Å². The van der Waals surface area contributed by atoms with Gasteiger partial charge in [-0.1, -0.05) is 71.9 Å². The van der Waals surface area contributed by atoms with Gasteiger partial charge in [0, 0.05) is 29.2 Å². The zero-order valence-electron chi connectivity index (χ0n) is 32.6. The van der Waals surface area contributed by atoms with E-state index in [9.17, 15) is 19.8 Å². The van der Waals surface area contributed by atoms with Crippen molar-refractivity contribution in [2.45, 2.75) is 66.7 Å². The van der Waals surface area contributed by atoms with Crippen molar-refractivity contribution in [3.8, 4) is 40.4 Å². The second kappa shape index (κ2) is 16.1. The van der Waals surface area contributed by atoms with Crippen LogP contribution in [0.3, 0.4) is 0 Å². The van der Waals surface area contributed by atoms with E-state index in [0.717, 1.165) is 28.0 Å². The number of allylic oxidation sites excluding steroid dienone is 2. The number of benzene rings is 4. The van der Waals surface area contributed by atoms with Crippen LogP contribution in [0.25, 0.3) is 11.3 Å². The van der Waals surface area contributed by atoms with E-state index < -0.39 is 0 Å². The Balaban J connectivity index is 1.07. The molecule has 0 aliphatic carbocycles. The lowest BCUT2D eigenvalue weighted by Gasteiger charge is -2.26. The molecule has 0 saturated carbocycles. The molecule has 0 radical (unpaired) electrons. The standard InChI is InChI=1S/C47H50N2O6/c1-30(2)26-31(3)27-32(4)28-33(5)42-29-45(52)49(46(42)53)37-14-22-41(23-15-37)55-39-18-10-35(11-19-39)47(6,7)34-8-16-38(17-9-34)54-40-20-12-36(13-21-40)48-43(50)24-25-44(48)51/h8-25,28-32,52-53H,26-27H2,1-7H3. The molecular weight excluding hydrogens is 689 g/mol. The minimum absolute atomic E-state index is 0.00253. The van der Waals surface area contributed by atoms with Gasteiger partial charge in [-0.05, 0) is 127 Å². The van der Waals surface area contributed by atoms with E-state index in [1.54, 1.807) is 30.3 Å². The monoisotopic (exact) mass is 738 g/mol. The first-order valence-electron chi connectivity index (χ1n) is 18.9. The van der Waals surface area contributed by atoms with Crippen LogP contribution in [0.1, 0.15) is 78.0 Å². The van der Waals surface area contributed by atoms with E-state index >= 15 is 0 Å². The Labute approximate surface area is 324 Å². The number of amides is 2. The van der Waals surface area contributed by atoms with Crippen molar-refractivity contribution >= 4 is 23.1 Å². The number of anilines is 1. The normalized spacial score (nSPS) is 14.5. The van der Waals surface area contributed by atoms with Gasteiger partial charge in [-0.3, -0.25) is 14.2 Å². The van der Waals surface area contributed by atoms with Crippen molar-refractivity contribution in [2.75, 3.05) is 4.90 Å². The quantitative estimate of drug-likeness (QED) is 0.110. The highest BCUT2D eigenvalue weighted by molar-refractivity contribution is 6.28. The van der Waals surface area contributed by atoms with Crippen LogP contribution in [0, 0.1) is 17.8 Å². The SMILES string of the molecule is CC(=CC(C)CC(C)CC(C)C)c1cc(O)n(-c2ccc(Oc3ccc(C(C)(C)c4ccc(Oc5ccc(N6C(=O)C=CC6=O)cc5)cc4)cc3)cc2)c1O. The summed E-state index contributed by atoms with van der Waals surface area (Å²) in [5.74, 6) is 3.45. The molecule has 2 N–H and O–H groups in total. The smallest absolute Gasteiger partial charge is 0.258 e. The highest BCUT2D eigenvalue weighted by atomic mass is 16.5. The second-order valence-electron chi connectivity index (χ2n) is 15.6. The van der Waals surface area contributed by atoms with Crippen molar-refractivity contribution in [3.05, 3.63) is 138 Å². The summed E-state index contributed by atoms with van der Waals surface area (Å²) in [6.45, 7) is 15.3. The fourth-order valence-electron chi connectivity index (χ4n) is 7.45. The Morgan fingerprint density at radius 1 is 0.673 bits per heavy atom. The molecule has 8 nitrogen and oxygen atoms in total. The maximum atomic E-state index is 12.0. The summed E-state index contributed by atoms with van der Waals surface area (Å²) in [4.78, 5) is 25.1. The van der Waals surface area contributed by atoms with Crippen molar-refractivity contribution in [3.63, 3.8) is 0 Å². The summed E-state index contributed by atoms with van der Waals surface area (Å²) >= 11 is 0. The number of nitrogens with zero attached hydrogens (tertiary/aromatic N) is 2. The molecule has 1 aliphatic heterocycles. The zero-order chi connectivity index (χ0) is 39.4. The molecule has 2 amide bonds. The van der Waals surface area contributed by atoms with Gasteiger partial charge < -0.3 is 19.7 Å². The molecule has 6 rings (SSSR count). The van der Waals surface area contributed by atoms with Gasteiger partial charge >= 0.3 is 0 Å². The van der Waals surface area contributed by atoms with Crippen LogP contribution in [0.15, 0.2) is 121 Å². The molecule has 55 heavy (non-hydrogen) atoms. The topological polar surface area (TPSA) is 101 Å². The maximum Gasteiger partial charge on any atom is 0.258 e. The molecule has 0 spiro atoms. The summed E-state index contributed by atoms with van der Waals surface area (Å²) in [6, 6.07) is 31.6. The molecule has 2 atom stereocenters. The molecule has 1 aliphatic rings. The number of carbonyl (C=O) groups is 2. The van der Waals surface area contributed by atoms with E-state index in [4.69, 9.17) is 9.47 Å². The fraction of sp³-hybridized carbons (Fsp3) is 0.277. The van der Waals surface area contributed by atoms with Crippen LogP contribution >= 0.6 is 0 Å². The first-order chi connectivity index (χ1) is 26.2. The fourth-order valence-corrected chi connectivity index (χ4v) is 7.45. The summed E-state index contributed by atoms with van der Waals surface area (Å²) in [5.41, 5.74) is 4.58. The van der Waals surface area contributed by atoms with Crippen LogP contribution < -0.4 is 14.4 Å². The van der Waals surface area contributed by atoms with Gasteiger partial charge in [-0.25, -0.2) is 4.90 Å². The van der Waals surface area contributed by atoms with Crippen LogP contribution in [-0.4, -0.2) is 26.6 Å². The lowest BCUT2D eigenvalue weighted by atomic mass is 9.78. The van der Waals surface area contributed by atoms with E-state index in [0.29, 0.717) is 57.7 Å². The lowest BCUT2D eigenvalue weighted by Crippen LogP contribution is -2.29. The van der Waals surface area contributed by atoms with Gasteiger partial charge in [-0.2, -0.15) is 0 Å². The van der Waals surface area contributed by atoms with Gasteiger partial charge in [0.2, 0.25) is 5.88 Å². The van der Waals surface area contributed by atoms with Gasteiger partial charge in [0.15, 0.2) is 5.88 Å². The molecular formula is C47H50N2O6. The van der Waals surface area contributed by atoms with Crippen LogP contribution in [0.4, 0.5) is 5.69 Å². The second-order valence-corrected chi connectivity index (χ2v) is 15.6. The molecule has 284 valence electrons. The minimum Gasteiger partial charge on any atom is -0.494 e. The van der Waals surface area contributed by atoms with Crippen molar-refractivity contribution < 1.29 is 29.3 Å². The highest BCUT2D eigenvalue weighted by Crippen LogP contribution is 2.38. The molecule has 1 aromatic heterocycles. The van der Waals surface area contributed by atoms with E-state index in [1.165, 1.54) is 23.1 Å². The predicted octanol–water partition coefficient (Wildman–Crippen LogP) is 11.3. The summed E-state index contributed by atoms with van der Waals surface area (Å²) in [7, 11) is 0. The summed E-state index contributed by atoms with van der Waals surface area (Å²) in [5, 5.41) is 22.0. The molecule has 2 heterocycles. The number of aromatic nitrogens is 1. The number of hydrogen-bond acceptors (Lipinski definition) is 6. The van der Waals surface area contributed by atoms with Crippen LogP contribution in [0.2, 0.25) is 0 Å². The molecule has 0 saturated heterocycles. The zero-order valence-corrected chi connectivity index (χ0v) is 32.6. The predicted molar refractivity (Wildman–Crippen MR) is 218 cm³/mol. The molecule has 0 bridgehead atoms.